The number of benzene rings is 1. The number of likely N-dealkylation sites (tertiary alicyclic amines) is 1. The van der Waals surface area contributed by atoms with Crippen molar-refractivity contribution in [2.24, 2.45) is 0 Å². The third-order valence-corrected chi connectivity index (χ3v) is 9.49. The molecule has 2 aromatic rings. The molecule has 2 fully saturated rings. The van der Waals surface area contributed by atoms with Crippen LogP contribution in [0.3, 0.4) is 0 Å². The third kappa shape index (κ3) is 5.54. The lowest BCUT2D eigenvalue weighted by Crippen LogP contribution is -2.55. The number of fused-ring (bicyclic) bond motifs is 2. The zero-order valence-electron chi connectivity index (χ0n) is 24.5. The summed E-state index contributed by atoms with van der Waals surface area (Å²) in [5.74, 6) is 0.537. The van der Waals surface area contributed by atoms with Crippen LogP contribution in [0.2, 0.25) is 0 Å². The van der Waals surface area contributed by atoms with Gasteiger partial charge >= 0.3 is 6.01 Å². The Morgan fingerprint density at radius 3 is 2.83 bits per heavy atom. The van der Waals surface area contributed by atoms with Gasteiger partial charge < -0.3 is 24.3 Å². The number of amides is 1. The predicted molar refractivity (Wildman–Crippen MR) is 159 cm³/mol. The van der Waals surface area contributed by atoms with Crippen molar-refractivity contribution in [2.45, 2.75) is 69.5 Å². The largest absolute Gasteiger partial charge is 0.462 e. The van der Waals surface area contributed by atoms with Crippen LogP contribution in [0, 0.1) is 17.1 Å². The molecule has 3 atom stereocenters. The van der Waals surface area contributed by atoms with Gasteiger partial charge in [0.25, 0.3) is 0 Å². The standard InChI is InChI=1S/C32H40FN7O2/c1-3-29(41)39-18-17-38(20-24(39)13-14-34)31-26-12-11-23(40-16-5-8-22-7-4-10-27(33)30(22)40)19-28(26)35-32(36-31)42-21-25-9-6-15-37(25)2/h3-4,7,10,23-25H,1,5-6,8-9,11-13,15-21H2,2H3/t23-,24-,25-/m0/s1. The van der Waals surface area contributed by atoms with Crippen molar-refractivity contribution in [3.05, 3.63) is 53.5 Å². The first-order chi connectivity index (χ1) is 20.5. The van der Waals surface area contributed by atoms with Crippen LogP contribution >= 0.6 is 0 Å². The minimum absolute atomic E-state index is 0.137. The van der Waals surface area contributed by atoms with Crippen LogP contribution in [0.15, 0.2) is 30.9 Å². The molecule has 10 heteroatoms. The fourth-order valence-electron chi connectivity index (χ4n) is 7.24. The predicted octanol–water partition coefficient (Wildman–Crippen LogP) is 3.52. The lowest BCUT2D eigenvalue weighted by atomic mass is 9.88. The molecule has 0 N–H and O–H groups in total. The van der Waals surface area contributed by atoms with Gasteiger partial charge in [0.1, 0.15) is 18.2 Å². The number of nitrogens with zero attached hydrogens (tertiary/aromatic N) is 7. The van der Waals surface area contributed by atoms with Gasteiger partial charge in [0.05, 0.1) is 29.9 Å². The van der Waals surface area contributed by atoms with Crippen molar-refractivity contribution in [1.82, 2.24) is 19.8 Å². The first-order valence-electron chi connectivity index (χ1n) is 15.3. The van der Waals surface area contributed by atoms with Crippen LogP contribution in [0.25, 0.3) is 0 Å². The van der Waals surface area contributed by atoms with Crippen LogP contribution in [-0.4, -0.2) is 90.2 Å². The molecule has 0 radical (unpaired) electrons. The van der Waals surface area contributed by atoms with Gasteiger partial charge in [0, 0.05) is 50.2 Å². The van der Waals surface area contributed by atoms with E-state index in [1.807, 2.05) is 6.07 Å². The number of rotatable bonds is 7. The van der Waals surface area contributed by atoms with Crippen LogP contribution in [0.1, 0.15) is 48.9 Å². The Kier molecular flexibility index (Phi) is 8.29. The van der Waals surface area contributed by atoms with Crippen molar-refractivity contribution in [2.75, 3.05) is 56.2 Å². The summed E-state index contributed by atoms with van der Waals surface area (Å²) < 4.78 is 21.4. The van der Waals surface area contributed by atoms with Crippen LogP contribution < -0.4 is 14.5 Å². The monoisotopic (exact) mass is 573 g/mol. The highest BCUT2D eigenvalue weighted by molar-refractivity contribution is 5.87. The fourth-order valence-corrected chi connectivity index (χ4v) is 7.24. The lowest BCUT2D eigenvalue weighted by Gasteiger charge is -2.43. The summed E-state index contributed by atoms with van der Waals surface area (Å²) in [6.07, 6.45) is 8.05. The van der Waals surface area contributed by atoms with Gasteiger partial charge in [0.2, 0.25) is 5.91 Å². The van der Waals surface area contributed by atoms with Crippen LogP contribution in [-0.2, 0) is 24.1 Å². The smallest absolute Gasteiger partial charge is 0.318 e. The summed E-state index contributed by atoms with van der Waals surface area (Å²) >= 11 is 0. The number of aromatic nitrogens is 2. The summed E-state index contributed by atoms with van der Waals surface area (Å²) in [5.41, 5.74) is 3.88. The van der Waals surface area contributed by atoms with E-state index in [1.165, 1.54) is 6.08 Å². The SMILES string of the molecule is C=CC(=O)N1CCN(c2nc(OC[C@@H]3CCCN3C)nc3c2CC[C@H](N2CCCc4cccc(F)c42)C3)C[C@@H]1CC#N. The van der Waals surface area contributed by atoms with E-state index in [-0.39, 0.29) is 30.2 Å². The minimum atomic E-state index is -0.250. The van der Waals surface area contributed by atoms with Crippen molar-refractivity contribution in [1.29, 1.82) is 5.26 Å². The molecule has 222 valence electrons. The number of halogens is 1. The molecule has 0 bridgehead atoms. The summed E-state index contributed by atoms with van der Waals surface area (Å²) in [4.78, 5) is 31.0. The molecule has 42 heavy (non-hydrogen) atoms. The number of para-hydroxylation sites is 1. The van der Waals surface area contributed by atoms with E-state index in [9.17, 15) is 10.1 Å². The normalized spacial score (nSPS) is 24.1. The zero-order chi connectivity index (χ0) is 29.2. The molecule has 2 saturated heterocycles. The molecular formula is C32H40FN7O2. The number of carbonyl (C=O) groups excluding carboxylic acids is 1. The summed E-state index contributed by atoms with van der Waals surface area (Å²) in [6, 6.07) is 8.26. The number of hydrogen-bond donors (Lipinski definition) is 0. The topological polar surface area (TPSA) is 88.8 Å². The Bertz CT molecular complexity index is 1380. The first kappa shape index (κ1) is 28.4. The molecule has 0 saturated carbocycles. The maximum Gasteiger partial charge on any atom is 0.318 e. The second kappa shape index (κ2) is 12.3. The number of carbonyl (C=O) groups is 1. The van der Waals surface area contributed by atoms with E-state index >= 15 is 4.39 Å². The Morgan fingerprint density at radius 1 is 1.17 bits per heavy atom. The molecule has 1 amide bonds. The second-order valence-corrected chi connectivity index (χ2v) is 12.0. The number of anilines is 2. The zero-order valence-corrected chi connectivity index (χ0v) is 24.5. The molecule has 6 rings (SSSR count). The molecule has 1 aromatic heterocycles. The number of likely N-dealkylation sites (N-methyl/N-ethyl adjacent to an activating group) is 1. The average Bonchev–Trinajstić information content (AvgIpc) is 3.43. The second-order valence-electron chi connectivity index (χ2n) is 12.0. The van der Waals surface area contributed by atoms with E-state index in [4.69, 9.17) is 14.7 Å². The van der Waals surface area contributed by atoms with Gasteiger partial charge in [-0.1, -0.05) is 18.7 Å². The van der Waals surface area contributed by atoms with E-state index in [2.05, 4.69) is 34.4 Å². The van der Waals surface area contributed by atoms with Gasteiger partial charge in [-0.05, 0) is 69.8 Å². The summed E-state index contributed by atoms with van der Waals surface area (Å²) in [6.45, 7) is 7.67. The van der Waals surface area contributed by atoms with Gasteiger partial charge in [-0.25, -0.2) is 4.39 Å². The molecule has 4 aliphatic rings. The van der Waals surface area contributed by atoms with E-state index < -0.39 is 0 Å². The number of aryl methyl sites for hydroxylation is 1. The summed E-state index contributed by atoms with van der Waals surface area (Å²) in [7, 11) is 2.12. The van der Waals surface area contributed by atoms with Gasteiger partial charge in [-0.3, -0.25) is 4.79 Å². The highest BCUT2D eigenvalue weighted by Gasteiger charge is 2.36. The van der Waals surface area contributed by atoms with Crippen molar-refractivity contribution < 1.29 is 13.9 Å². The highest BCUT2D eigenvalue weighted by atomic mass is 19.1. The van der Waals surface area contributed by atoms with Crippen molar-refractivity contribution >= 4 is 17.4 Å². The van der Waals surface area contributed by atoms with Gasteiger partial charge in [-0.15, -0.1) is 0 Å². The highest BCUT2D eigenvalue weighted by Crippen LogP contribution is 2.38. The Morgan fingerprint density at radius 2 is 2.05 bits per heavy atom. The van der Waals surface area contributed by atoms with Crippen LogP contribution in [0.5, 0.6) is 6.01 Å². The maximum absolute atomic E-state index is 15.1. The third-order valence-electron chi connectivity index (χ3n) is 9.49. The molecule has 1 aromatic carbocycles. The Labute approximate surface area is 247 Å². The lowest BCUT2D eigenvalue weighted by molar-refractivity contribution is -0.128. The van der Waals surface area contributed by atoms with E-state index in [0.29, 0.717) is 44.7 Å². The minimum Gasteiger partial charge on any atom is -0.462 e. The Balaban J connectivity index is 1.31. The number of piperazine rings is 1. The molecule has 9 nitrogen and oxygen atoms in total. The molecule has 0 spiro atoms. The number of hydrogen-bond acceptors (Lipinski definition) is 8. The van der Waals surface area contributed by atoms with Crippen molar-refractivity contribution in [3.8, 4) is 12.1 Å². The fraction of sp³-hybridized carbons (Fsp3) is 0.562. The summed E-state index contributed by atoms with van der Waals surface area (Å²) in [5, 5.41) is 9.51. The quantitative estimate of drug-likeness (QED) is 0.465. The molecule has 0 unspecified atom stereocenters. The molecule has 1 aliphatic carbocycles. The van der Waals surface area contributed by atoms with Crippen molar-refractivity contribution in [3.63, 3.8) is 0 Å². The van der Waals surface area contributed by atoms with E-state index in [1.54, 1.807) is 17.0 Å². The van der Waals surface area contributed by atoms with Gasteiger partial charge in [0.15, 0.2) is 0 Å². The van der Waals surface area contributed by atoms with E-state index in [0.717, 1.165) is 79.9 Å². The molecular weight excluding hydrogens is 533 g/mol. The Hall–Kier alpha value is -3.71. The molecule has 4 heterocycles. The maximum atomic E-state index is 15.1. The van der Waals surface area contributed by atoms with Gasteiger partial charge in [-0.2, -0.15) is 15.2 Å². The van der Waals surface area contributed by atoms with Crippen LogP contribution in [0.4, 0.5) is 15.9 Å². The average molecular weight is 574 g/mol. The number of nitriles is 1. The molecule has 3 aliphatic heterocycles. The first-order valence-corrected chi connectivity index (χ1v) is 15.3. The number of ether oxygens (including phenoxy) is 1.